The Morgan fingerprint density at radius 1 is 0.531 bits per heavy atom. The van der Waals surface area contributed by atoms with Gasteiger partial charge in [-0.2, -0.15) is 6.42 Å². The standard InChI is InChI=1S/C45H34Si.2CH3.Hf/c1-2-13-40-39-20-11-12-21-41(39)45(43(40)36-28-24-34(25-29-36)32-16-7-4-8-17-32)46-44-38-19-10-9-18-37(38)30-42(44)35-26-22-33(23-27-35)31-14-5-3-6-15-31;;;/h3-12,14-30,40H,1-2,13H2;2*1H3;/q-2;2*-1;+4. The molecule has 0 aliphatic heterocycles. The molecular formula is C47H40HfSi. The third-order valence-electron chi connectivity index (χ3n) is 9.37. The Kier molecular flexibility index (Phi) is 11.8. The minimum absolute atomic E-state index is 0. The quantitative estimate of drug-likeness (QED) is 0.106. The molecule has 7 aromatic rings. The topological polar surface area (TPSA) is 0 Å². The summed E-state index contributed by atoms with van der Waals surface area (Å²) in [5, 5.41) is 5.57. The van der Waals surface area contributed by atoms with Gasteiger partial charge in [0.05, 0.1) is 9.52 Å². The van der Waals surface area contributed by atoms with Crippen LogP contribution >= 0.6 is 0 Å². The first-order valence-electron chi connectivity index (χ1n) is 16.2. The fraction of sp³-hybridized carbons (Fsp3) is 0.0638. The molecule has 236 valence electrons. The minimum atomic E-state index is 0. The van der Waals surface area contributed by atoms with Gasteiger partial charge in [-0.25, -0.2) is 0 Å². The molecule has 0 spiro atoms. The first-order valence-corrected chi connectivity index (χ1v) is 17.2. The molecule has 0 N–H and O–H groups in total. The van der Waals surface area contributed by atoms with Gasteiger partial charge in [0.1, 0.15) is 0 Å². The number of rotatable bonds is 8. The molecule has 0 nitrogen and oxygen atoms in total. The largest absolute Gasteiger partial charge is 4.00 e. The number of hydrogen-bond donors (Lipinski definition) is 0. The molecule has 1 aliphatic carbocycles. The summed E-state index contributed by atoms with van der Waals surface area (Å²) >= 11 is 0. The van der Waals surface area contributed by atoms with Gasteiger partial charge < -0.3 is 21.8 Å². The van der Waals surface area contributed by atoms with Crippen LogP contribution in [0.25, 0.3) is 54.9 Å². The molecule has 1 unspecified atom stereocenters. The van der Waals surface area contributed by atoms with Crippen molar-refractivity contribution in [1.29, 1.82) is 0 Å². The summed E-state index contributed by atoms with van der Waals surface area (Å²) in [4.78, 5) is 0. The predicted octanol–water partition coefficient (Wildman–Crippen LogP) is 12.1. The van der Waals surface area contributed by atoms with Crippen molar-refractivity contribution in [2.45, 2.75) is 18.8 Å². The van der Waals surface area contributed by atoms with Crippen LogP contribution in [0.2, 0.25) is 0 Å². The number of allylic oxidation sites excluding steroid dienone is 1. The third-order valence-corrected chi connectivity index (χ3v) is 10.9. The Morgan fingerprint density at radius 2 is 1.02 bits per heavy atom. The zero-order chi connectivity index (χ0) is 30.9. The number of hydrogen-bond acceptors (Lipinski definition) is 0. The van der Waals surface area contributed by atoms with Gasteiger partial charge in [0.2, 0.25) is 0 Å². The normalized spacial score (nSPS) is 13.3. The van der Waals surface area contributed by atoms with Crippen molar-refractivity contribution in [2.24, 2.45) is 0 Å². The summed E-state index contributed by atoms with van der Waals surface area (Å²) in [6.45, 7) is 4.31. The molecule has 0 bridgehead atoms. The molecule has 0 amide bonds. The van der Waals surface area contributed by atoms with E-state index in [1.54, 1.807) is 0 Å². The van der Waals surface area contributed by atoms with E-state index < -0.39 is 0 Å². The van der Waals surface area contributed by atoms with Gasteiger partial charge in [0.15, 0.2) is 0 Å². The smallest absolute Gasteiger partial charge is 0.358 e. The molecular weight excluding hydrogens is 771 g/mol. The van der Waals surface area contributed by atoms with Crippen LogP contribution in [0, 0.1) is 21.8 Å². The van der Waals surface area contributed by atoms with Gasteiger partial charge in [-0.05, 0) is 44.5 Å². The average molecular weight is 811 g/mol. The van der Waals surface area contributed by atoms with Crippen LogP contribution in [-0.2, 0) is 25.8 Å². The SMILES string of the molecule is [CH2-]CCC1C(c2ccc(-c3ccccc3)cc2)=C([Si]c2c(-c3ccc(-c4ccccc4)cc3)[cH-]c3ccccc23)c2ccccc21.[CH3-].[CH3-].[Hf+4]. The number of fused-ring (bicyclic) bond motifs is 2. The van der Waals surface area contributed by atoms with Crippen LogP contribution in [0.3, 0.4) is 0 Å². The van der Waals surface area contributed by atoms with E-state index in [2.05, 4.69) is 171 Å². The molecule has 0 heterocycles. The van der Waals surface area contributed by atoms with Gasteiger partial charge >= 0.3 is 25.8 Å². The second kappa shape index (κ2) is 16.0. The van der Waals surface area contributed by atoms with Gasteiger partial charge in [0.25, 0.3) is 0 Å². The molecule has 7 aromatic carbocycles. The summed E-state index contributed by atoms with van der Waals surface area (Å²) < 4.78 is 0. The van der Waals surface area contributed by atoms with Crippen LogP contribution in [0.5, 0.6) is 0 Å². The Labute approximate surface area is 314 Å². The summed E-state index contributed by atoms with van der Waals surface area (Å²) in [6.07, 6.45) is 1.94. The van der Waals surface area contributed by atoms with Crippen molar-refractivity contribution in [3.63, 3.8) is 0 Å². The first-order chi connectivity index (χ1) is 22.8. The van der Waals surface area contributed by atoms with Crippen molar-refractivity contribution in [3.05, 3.63) is 202 Å². The van der Waals surface area contributed by atoms with Gasteiger partial charge in [0, 0.05) is 5.92 Å². The fourth-order valence-electron chi connectivity index (χ4n) is 7.14. The van der Waals surface area contributed by atoms with E-state index in [9.17, 15) is 0 Å². The zero-order valence-corrected chi connectivity index (χ0v) is 32.9. The van der Waals surface area contributed by atoms with Crippen molar-refractivity contribution >= 4 is 36.2 Å². The van der Waals surface area contributed by atoms with Crippen LogP contribution in [-0.4, -0.2) is 9.52 Å². The van der Waals surface area contributed by atoms with Gasteiger partial charge in [-0.1, -0.05) is 169 Å². The molecule has 1 aliphatic rings. The van der Waals surface area contributed by atoms with E-state index in [1.165, 1.54) is 76.8 Å². The second-order valence-electron chi connectivity index (χ2n) is 12.1. The Hall–Kier alpha value is -4.24. The summed E-state index contributed by atoms with van der Waals surface area (Å²) in [7, 11) is 0.523. The van der Waals surface area contributed by atoms with Crippen LogP contribution in [0.15, 0.2) is 164 Å². The van der Waals surface area contributed by atoms with Gasteiger partial charge in [-0.15, -0.1) is 33.7 Å². The van der Waals surface area contributed by atoms with Crippen molar-refractivity contribution in [2.75, 3.05) is 0 Å². The van der Waals surface area contributed by atoms with E-state index in [4.69, 9.17) is 0 Å². The first kappa shape index (κ1) is 36.0. The molecule has 1 atom stereocenters. The fourth-order valence-corrected chi connectivity index (χ4v) is 8.92. The molecule has 2 radical (unpaired) electrons. The molecule has 0 saturated heterocycles. The van der Waals surface area contributed by atoms with Crippen LogP contribution in [0.4, 0.5) is 0 Å². The predicted molar refractivity (Wildman–Crippen MR) is 211 cm³/mol. The van der Waals surface area contributed by atoms with Crippen molar-refractivity contribution < 1.29 is 25.8 Å². The Morgan fingerprint density at radius 3 is 1.63 bits per heavy atom. The molecule has 49 heavy (non-hydrogen) atoms. The molecule has 2 heteroatoms. The Balaban J connectivity index is 0.00000156. The average Bonchev–Trinajstić information content (AvgIpc) is 3.65. The minimum Gasteiger partial charge on any atom is -0.358 e. The molecule has 0 aromatic heterocycles. The van der Waals surface area contributed by atoms with E-state index in [-0.39, 0.29) is 40.7 Å². The molecule has 8 rings (SSSR count). The monoisotopic (exact) mass is 812 g/mol. The van der Waals surface area contributed by atoms with E-state index in [1.807, 2.05) is 0 Å². The van der Waals surface area contributed by atoms with E-state index in [0.29, 0.717) is 15.4 Å². The van der Waals surface area contributed by atoms with Crippen molar-refractivity contribution in [3.8, 4) is 33.4 Å². The van der Waals surface area contributed by atoms with E-state index >= 15 is 0 Å². The third kappa shape index (κ3) is 6.95. The van der Waals surface area contributed by atoms with E-state index in [0.717, 1.165) is 12.8 Å². The number of benzene rings is 6. The maximum Gasteiger partial charge on any atom is 4.00 e. The van der Waals surface area contributed by atoms with Gasteiger partial charge in [-0.3, -0.25) is 0 Å². The maximum atomic E-state index is 4.31. The second-order valence-corrected chi connectivity index (χ2v) is 13.4. The van der Waals surface area contributed by atoms with Crippen molar-refractivity contribution in [1.82, 2.24) is 0 Å². The summed E-state index contributed by atoms with van der Waals surface area (Å²) in [6, 6.07) is 60.1. The van der Waals surface area contributed by atoms with Crippen LogP contribution < -0.4 is 5.19 Å². The Bertz CT molecular complexity index is 2150. The molecule has 0 fully saturated rings. The maximum absolute atomic E-state index is 4.31. The summed E-state index contributed by atoms with van der Waals surface area (Å²) in [5.74, 6) is 0.341. The zero-order valence-electron chi connectivity index (χ0n) is 28.3. The molecule has 0 saturated carbocycles. The van der Waals surface area contributed by atoms with Crippen LogP contribution in [0.1, 0.15) is 35.4 Å². The summed E-state index contributed by atoms with van der Waals surface area (Å²) in [5.41, 5.74) is 13.2.